The van der Waals surface area contributed by atoms with E-state index >= 15 is 0 Å². The summed E-state index contributed by atoms with van der Waals surface area (Å²) in [5, 5.41) is 5.06. The predicted octanol–water partition coefficient (Wildman–Crippen LogP) is 8.21. The summed E-state index contributed by atoms with van der Waals surface area (Å²) in [6, 6.07) is 13.7. The first-order chi connectivity index (χ1) is 16.2. The van der Waals surface area contributed by atoms with Gasteiger partial charge in [0.1, 0.15) is 0 Å². The van der Waals surface area contributed by atoms with Crippen molar-refractivity contribution in [3.63, 3.8) is 0 Å². The molecule has 176 valence electrons. The summed E-state index contributed by atoms with van der Waals surface area (Å²) in [5.41, 5.74) is 9.42. The third kappa shape index (κ3) is 6.00. The van der Waals surface area contributed by atoms with Crippen LogP contribution in [0.1, 0.15) is 115 Å². The molecule has 0 atom stereocenters. The quantitative estimate of drug-likeness (QED) is 0.260. The van der Waals surface area contributed by atoms with Crippen LogP contribution in [0.4, 0.5) is 0 Å². The summed E-state index contributed by atoms with van der Waals surface area (Å²) in [4.78, 5) is 0. The lowest BCUT2D eigenvalue weighted by molar-refractivity contribution is 0.394. The van der Waals surface area contributed by atoms with Crippen LogP contribution in [-0.2, 0) is 5.41 Å². The second kappa shape index (κ2) is 12.8. The van der Waals surface area contributed by atoms with Gasteiger partial charge in [0.05, 0.1) is 0 Å². The van der Waals surface area contributed by atoms with E-state index in [1.54, 1.807) is 0 Å². The summed E-state index contributed by atoms with van der Waals surface area (Å²) in [6.07, 6.45) is 18.6. The van der Waals surface area contributed by atoms with E-state index in [-0.39, 0.29) is 5.41 Å². The van der Waals surface area contributed by atoms with Gasteiger partial charge in [0, 0.05) is 15.9 Å². The van der Waals surface area contributed by atoms with E-state index in [0.29, 0.717) is 0 Å². The SMILES string of the molecule is C=C=c1ccc2c(c1)C(CCCCCCCC)(CCCCCCCC)c1cc(=C=C)ccc1=2. The molecular weight excluding hydrogens is 396 g/mol. The first-order valence-electron chi connectivity index (χ1n) is 13.6. The highest BCUT2D eigenvalue weighted by molar-refractivity contribution is 5.49. The summed E-state index contributed by atoms with van der Waals surface area (Å²) >= 11 is 0. The number of rotatable bonds is 14. The van der Waals surface area contributed by atoms with Crippen molar-refractivity contribution in [1.82, 2.24) is 0 Å². The van der Waals surface area contributed by atoms with Crippen LogP contribution >= 0.6 is 0 Å². The van der Waals surface area contributed by atoms with Crippen LogP contribution in [0.25, 0.3) is 11.5 Å². The van der Waals surface area contributed by atoms with Crippen molar-refractivity contribution in [2.24, 2.45) is 0 Å². The lowest BCUT2D eigenvalue weighted by Crippen LogP contribution is -2.28. The first-order valence-corrected chi connectivity index (χ1v) is 13.6. The van der Waals surface area contributed by atoms with Crippen LogP contribution in [0.2, 0.25) is 0 Å². The average molecular weight is 441 g/mol. The molecule has 1 aliphatic rings. The van der Waals surface area contributed by atoms with E-state index in [1.807, 2.05) is 0 Å². The fourth-order valence-electron chi connectivity index (χ4n) is 5.79. The van der Waals surface area contributed by atoms with Gasteiger partial charge in [0.2, 0.25) is 0 Å². The molecule has 0 heterocycles. The smallest absolute Gasteiger partial charge is 0.0216 e. The number of benzene rings is 2. The largest absolute Gasteiger partial charge is 0.121 e. The summed E-state index contributed by atoms with van der Waals surface area (Å²) < 4.78 is 0. The standard InChI is InChI=1S/C33H44/c1-5-9-11-13-15-17-23-33(24-18-16-14-12-10-6-2)31-25-27(7-3)19-21-29(31)30-22-20-28(8-4)26-32(30)33/h19-22,25-26H,3-6,9-18,23-24H2,1-2H3. The molecule has 0 spiro atoms. The molecule has 0 aliphatic heterocycles. The minimum absolute atomic E-state index is 0.0971. The highest BCUT2D eigenvalue weighted by atomic mass is 14.4. The molecule has 0 aromatic heterocycles. The summed E-state index contributed by atoms with van der Waals surface area (Å²) in [6.45, 7) is 12.5. The first kappa shape index (κ1) is 25.4. The predicted molar refractivity (Wildman–Crippen MR) is 145 cm³/mol. The van der Waals surface area contributed by atoms with Gasteiger partial charge >= 0.3 is 0 Å². The zero-order chi connectivity index (χ0) is 23.5. The van der Waals surface area contributed by atoms with E-state index in [1.165, 1.54) is 111 Å². The minimum Gasteiger partial charge on any atom is -0.121 e. The topological polar surface area (TPSA) is 0 Å². The maximum Gasteiger partial charge on any atom is 0.0216 e. The third-order valence-corrected chi connectivity index (χ3v) is 7.68. The average Bonchev–Trinajstić information content (AvgIpc) is 3.12. The van der Waals surface area contributed by atoms with Crippen LogP contribution < -0.4 is 10.4 Å². The molecule has 0 saturated carbocycles. The maximum absolute atomic E-state index is 3.95. The van der Waals surface area contributed by atoms with Crippen molar-refractivity contribution in [3.05, 3.63) is 81.6 Å². The highest BCUT2D eigenvalue weighted by Crippen LogP contribution is 2.46. The van der Waals surface area contributed by atoms with Gasteiger partial charge in [0.15, 0.2) is 0 Å². The normalized spacial score (nSPS) is 13.3. The molecule has 0 bridgehead atoms. The van der Waals surface area contributed by atoms with E-state index in [2.05, 4.69) is 74.9 Å². The van der Waals surface area contributed by atoms with Crippen LogP contribution in [0.5, 0.6) is 0 Å². The van der Waals surface area contributed by atoms with Gasteiger partial charge in [-0.05, 0) is 58.7 Å². The van der Waals surface area contributed by atoms with Gasteiger partial charge in [-0.1, -0.05) is 116 Å². The Hall–Kier alpha value is -2.26. The zero-order valence-corrected chi connectivity index (χ0v) is 21.3. The van der Waals surface area contributed by atoms with Crippen molar-refractivity contribution in [2.75, 3.05) is 0 Å². The Bertz CT molecular complexity index is 1060. The lowest BCUT2D eigenvalue weighted by Gasteiger charge is -2.33. The van der Waals surface area contributed by atoms with E-state index < -0.39 is 0 Å². The molecule has 0 unspecified atom stereocenters. The van der Waals surface area contributed by atoms with Gasteiger partial charge < -0.3 is 0 Å². The van der Waals surface area contributed by atoms with Gasteiger partial charge in [0.25, 0.3) is 0 Å². The summed E-state index contributed by atoms with van der Waals surface area (Å²) in [5.74, 6) is 0. The maximum atomic E-state index is 3.95. The Morgan fingerprint density at radius 1 is 0.576 bits per heavy atom. The molecule has 33 heavy (non-hydrogen) atoms. The fourth-order valence-corrected chi connectivity index (χ4v) is 5.79. The Kier molecular flexibility index (Phi) is 9.87. The molecule has 1 aliphatic carbocycles. The van der Waals surface area contributed by atoms with E-state index in [0.717, 1.165) is 10.4 Å². The number of fused-ring (bicyclic) bond motifs is 2. The van der Waals surface area contributed by atoms with Crippen LogP contribution in [0, 0.1) is 10.4 Å². The molecule has 0 fully saturated rings. The molecule has 0 N–H and O–H groups in total. The van der Waals surface area contributed by atoms with E-state index in [4.69, 9.17) is 0 Å². The van der Waals surface area contributed by atoms with Crippen LogP contribution in [0.15, 0.2) is 49.6 Å². The lowest BCUT2D eigenvalue weighted by atomic mass is 9.70. The fraction of sp³-hybridized carbons (Fsp3) is 0.515. The Morgan fingerprint density at radius 3 is 1.36 bits per heavy atom. The molecule has 0 radical (unpaired) electrons. The second-order valence-corrected chi connectivity index (χ2v) is 9.99. The summed E-state index contributed by atoms with van der Waals surface area (Å²) in [7, 11) is 0. The van der Waals surface area contributed by atoms with Gasteiger partial charge in [-0.3, -0.25) is 0 Å². The van der Waals surface area contributed by atoms with Crippen LogP contribution in [-0.4, -0.2) is 0 Å². The van der Waals surface area contributed by atoms with Crippen LogP contribution in [0.3, 0.4) is 0 Å². The molecule has 2 aromatic rings. The van der Waals surface area contributed by atoms with Crippen molar-refractivity contribution in [2.45, 2.75) is 109 Å². The Balaban J connectivity index is 1.98. The van der Waals surface area contributed by atoms with Gasteiger partial charge in [-0.15, -0.1) is 11.5 Å². The molecule has 0 amide bonds. The molecule has 0 saturated heterocycles. The number of hydrogen-bond acceptors (Lipinski definition) is 0. The molecule has 2 aromatic carbocycles. The van der Waals surface area contributed by atoms with Gasteiger partial charge in [-0.2, -0.15) is 0 Å². The molecule has 0 heteroatoms. The van der Waals surface area contributed by atoms with Crippen molar-refractivity contribution >= 4 is 11.5 Å². The third-order valence-electron chi connectivity index (χ3n) is 7.68. The van der Waals surface area contributed by atoms with Crippen molar-refractivity contribution in [3.8, 4) is 0 Å². The molecular formula is C33H44. The van der Waals surface area contributed by atoms with E-state index in [9.17, 15) is 0 Å². The highest BCUT2D eigenvalue weighted by Gasteiger charge is 2.38. The number of unbranched alkanes of at least 4 members (excludes halogenated alkanes) is 10. The van der Waals surface area contributed by atoms with Crippen molar-refractivity contribution < 1.29 is 0 Å². The monoisotopic (exact) mass is 440 g/mol. The molecule has 3 rings (SSSR count). The molecule has 0 nitrogen and oxygen atoms in total. The van der Waals surface area contributed by atoms with Crippen molar-refractivity contribution in [1.29, 1.82) is 0 Å². The minimum atomic E-state index is 0.0971. The Labute approximate surface area is 202 Å². The second-order valence-electron chi connectivity index (χ2n) is 9.99. The number of hydrogen-bond donors (Lipinski definition) is 0. The Morgan fingerprint density at radius 2 is 0.970 bits per heavy atom. The zero-order valence-electron chi connectivity index (χ0n) is 21.3. The van der Waals surface area contributed by atoms with Gasteiger partial charge in [-0.25, -0.2) is 0 Å².